The van der Waals surface area contributed by atoms with Crippen LogP contribution in [0.15, 0.2) is 40.6 Å². The van der Waals surface area contributed by atoms with Crippen LogP contribution >= 0.6 is 0 Å². The van der Waals surface area contributed by atoms with E-state index < -0.39 is 17.4 Å². The van der Waals surface area contributed by atoms with E-state index in [4.69, 9.17) is 4.74 Å². The number of aliphatic hydroxyl groups excluding tert-OH is 1. The molecule has 0 spiro atoms. The van der Waals surface area contributed by atoms with E-state index in [0.29, 0.717) is 6.42 Å². The van der Waals surface area contributed by atoms with E-state index in [1.807, 2.05) is 0 Å². The van der Waals surface area contributed by atoms with Crippen molar-refractivity contribution in [3.05, 3.63) is 47.0 Å². The average Bonchev–Trinajstić information content (AvgIpc) is 3.10. The second kappa shape index (κ2) is 5.83. The van der Waals surface area contributed by atoms with E-state index in [1.54, 1.807) is 12.1 Å². The molecular weight excluding hydrogens is 303 g/mol. The number of carbonyl (C=O) groups excluding carboxylic acids is 2. The predicted molar refractivity (Wildman–Crippen MR) is 79.6 cm³/mol. The van der Waals surface area contributed by atoms with Gasteiger partial charge in [0.05, 0.1) is 18.2 Å². The van der Waals surface area contributed by atoms with Crippen LogP contribution in [0.25, 0.3) is 0 Å². The number of aliphatic hydroxyl groups is 1. The molecule has 0 radical (unpaired) electrons. The summed E-state index contributed by atoms with van der Waals surface area (Å²) in [5.41, 5.74) is 0.883. The van der Waals surface area contributed by atoms with Gasteiger partial charge in [0, 0.05) is 7.05 Å². The molecule has 1 aromatic carbocycles. The largest absolute Gasteiger partial charge is 0.503 e. The van der Waals surface area contributed by atoms with Gasteiger partial charge in [0.15, 0.2) is 5.76 Å². The van der Waals surface area contributed by atoms with Gasteiger partial charge in [-0.15, -0.1) is 0 Å². The van der Waals surface area contributed by atoms with Gasteiger partial charge in [-0.1, -0.05) is 12.1 Å². The number of Topliss-reactive ketones (excluding diaryl/α,β-unsaturated/α-hetero) is 1. The molecule has 7 heteroatoms. The summed E-state index contributed by atoms with van der Waals surface area (Å²) in [6.07, 6.45) is 0.515. The fourth-order valence-electron chi connectivity index (χ4n) is 2.54. The van der Waals surface area contributed by atoms with Crippen LogP contribution in [0.2, 0.25) is 0 Å². The SMILES string of the molecule is CN1CC(C(=O)C2=NC(Cc3ccc(F)cc3)CO2)=C(O)C1=O. The Balaban J connectivity index is 1.71. The average molecular weight is 318 g/mol. The number of aliphatic imine (C=N–C) groups is 1. The molecule has 0 saturated carbocycles. The van der Waals surface area contributed by atoms with E-state index >= 15 is 0 Å². The van der Waals surface area contributed by atoms with Crippen molar-refractivity contribution in [1.29, 1.82) is 0 Å². The molecule has 0 aliphatic carbocycles. The number of hydrogen-bond acceptors (Lipinski definition) is 5. The molecule has 2 aliphatic rings. The van der Waals surface area contributed by atoms with Crippen molar-refractivity contribution in [2.24, 2.45) is 4.99 Å². The van der Waals surface area contributed by atoms with Crippen LogP contribution in [0.1, 0.15) is 5.56 Å². The summed E-state index contributed by atoms with van der Waals surface area (Å²) in [6.45, 7) is 0.269. The molecule has 23 heavy (non-hydrogen) atoms. The van der Waals surface area contributed by atoms with Crippen LogP contribution in [0, 0.1) is 5.82 Å². The number of benzene rings is 1. The Morgan fingerprint density at radius 1 is 1.43 bits per heavy atom. The Bertz CT molecular complexity index is 724. The first-order valence-electron chi connectivity index (χ1n) is 7.13. The van der Waals surface area contributed by atoms with Gasteiger partial charge in [-0.25, -0.2) is 9.38 Å². The Labute approximate surface area is 131 Å². The summed E-state index contributed by atoms with van der Waals surface area (Å²) in [6, 6.07) is 5.79. The number of rotatable bonds is 4. The predicted octanol–water partition coefficient (Wildman–Crippen LogP) is 1.02. The molecule has 6 nitrogen and oxygen atoms in total. The Morgan fingerprint density at radius 2 is 2.13 bits per heavy atom. The lowest BCUT2D eigenvalue weighted by Crippen LogP contribution is -2.23. The zero-order valence-corrected chi connectivity index (χ0v) is 12.5. The molecule has 0 saturated heterocycles. The third kappa shape index (κ3) is 2.94. The van der Waals surface area contributed by atoms with Crippen molar-refractivity contribution in [1.82, 2.24) is 4.90 Å². The number of ketones is 1. The highest BCUT2D eigenvalue weighted by atomic mass is 19.1. The summed E-state index contributed by atoms with van der Waals surface area (Å²) in [5, 5.41) is 9.71. The van der Waals surface area contributed by atoms with Gasteiger partial charge < -0.3 is 14.7 Å². The van der Waals surface area contributed by atoms with Crippen LogP contribution in [0.4, 0.5) is 4.39 Å². The summed E-state index contributed by atoms with van der Waals surface area (Å²) in [4.78, 5) is 29.3. The van der Waals surface area contributed by atoms with Gasteiger partial charge in [0.1, 0.15) is 12.4 Å². The van der Waals surface area contributed by atoms with Crippen LogP contribution in [0.3, 0.4) is 0 Å². The maximum Gasteiger partial charge on any atom is 0.289 e. The monoisotopic (exact) mass is 318 g/mol. The first-order chi connectivity index (χ1) is 11.0. The number of nitrogens with zero attached hydrogens (tertiary/aromatic N) is 2. The van der Waals surface area contributed by atoms with Gasteiger partial charge in [-0.3, -0.25) is 9.59 Å². The van der Waals surface area contributed by atoms with E-state index in [0.717, 1.165) is 5.56 Å². The van der Waals surface area contributed by atoms with E-state index in [9.17, 15) is 19.1 Å². The van der Waals surface area contributed by atoms with Crippen molar-refractivity contribution in [3.8, 4) is 0 Å². The summed E-state index contributed by atoms with van der Waals surface area (Å²) >= 11 is 0. The van der Waals surface area contributed by atoms with Crippen LogP contribution in [-0.2, 0) is 20.7 Å². The van der Waals surface area contributed by atoms with Crippen molar-refractivity contribution in [2.45, 2.75) is 12.5 Å². The third-order valence-electron chi connectivity index (χ3n) is 3.80. The van der Waals surface area contributed by atoms with E-state index in [1.165, 1.54) is 24.1 Å². The minimum absolute atomic E-state index is 0.00122. The zero-order valence-electron chi connectivity index (χ0n) is 12.5. The lowest BCUT2D eigenvalue weighted by atomic mass is 10.1. The molecule has 2 heterocycles. The normalized spacial score (nSPS) is 20.8. The van der Waals surface area contributed by atoms with Gasteiger partial charge in [0.2, 0.25) is 5.78 Å². The first-order valence-corrected chi connectivity index (χ1v) is 7.13. The van der Waals surface area contributed by atoms with Gasteiger partial charge in [-0.2, -0.15) is 0 Å². The van der Waals surface area contributed by atoms with Crippen LogP contribution in [0.5, 0.6) is 0 Å². The molecule has 1 unspecified atom stereocenters. The Hall–Kier alpha value is -2.70. The molecule has 1 N–H and O–H groups in total. The molecule has 1 amide bonds. The second-order valence-corrected chi connectivity index (χ2v) is 5.55. The van der Waals surface area contributed by atoms with Gasteiger partial charge in [-0.05, 0) is 24.1 Å². The van der Waals surface area contributed by atoms with Crippen LogP contribution < -0.4 is 0 Å². The molecule has 0 bridgehead atoms. The number of amides is 1. The summed E-state index contributed by atoms with van der Waals surface area (Å²) in [5.74, 6) is -2.11. The van der Waals surface area contributed by atoms with Gasteiger partial charge >= 0.3 is 0 Å². The molecule has 1 atom stereocenters. The number of halogens is 1. The molecule has 120 valence electrons. The highest BCUT2D eigenvalue weighted by Gasteiger charge is 2.36. The zero-order chi connectivity index (χ0) is 16.6. The maximum absolute atomic E-state index is 12.9. The minimum atomic E-state index is -0.588. The standard InChI is InChI=1S/C16H15FN2O4/c1-19-7-12(14(21)16(19)22)13(20)15-18-11(8-23-15)6-9-2-4-10(17)5-3-9/h2-5,11,21H,6-8H2,1H3. The third-order valence-corrected chi connectivity index (χ3v) is 3.80. The van der Waals surface area contributed by atoms with Crippen molar-refractivity contribution >= 4 is 17.6 Å². The lowest BCUT2D eigenvalue weighted by molar-refractivity contribution is -0.126. The smallest absolute Gasteiger partial charge is 0.289 e. The maximum atomic E-state index is 12.9. The molecule has 2 aliphatic heterocycles. The molecule has 0 aromatic heterocycles. The second-order valence-electron chi connectivity index (χ2n) is 5.55. The Kier molecular flexibility index (Phi) is 3.85. The highest BCUT2D eigenvalue weighted by molar-refractivity contribution is 6.44. The van der Waals surface area contributed by atoms with E-state index in [-0.39, 0.29) is 36.5 Å². The molecule has 0 fully saturated rings. The lowest BCUT2D eigenvalue weighted by Gasteiger charge is -2.06. The van der Waals surface area contributed by atoms with Crippen LogP contribution in [-0.4, -0.2) is 53.8 Å². The molecule has 1 aromatic rings. The Morgan fingerprint density at radius 3 is 2.74 bits per heavy atom. The van der Waals surface area contributed by atoms with E-state index in [2.05, 4.69) is 4.99 Å². The number of ether oxygens (including phenoxy) is 1. The number of hydrogen-bond donors (Lipinski definition) is 1. The fraction of sp³-hybridized carbons (Fsp3) is 0.312. The number of carbonyl (C=O) groups is 2. The van der Waals surface area contributed by atoms with Crippen molar-refractivity contribution in [2.75, 3.05) is 20.2 Å². The molecular formula is C16H15FN2O4. The first kappa shape index (κ1) is 15.2. The molecule has 3 rings (SSSR count). The quantitative estimate of drug-likeness (QED) is 0.899. The highest BCUT2D eigenvalue weighted by Crippen LogP contribution is 2.20. The summed E-state index contributed by atoms with van der Waals surface area (Å²) < 4.78 is 18.2. The fourth-order valence-corrected chi connectivity index (χ4v) is 2.54. The van der Waals surface area contributed by atoms with Crippen molar-refractivity contribution < 1.29 is 23.8 Å². The summed E-state index contributed by atoms with van der Waals surface area (Å²) in [7, 11) is 1.49. The number of likely N-dealkylation sites (N-methyl/N-ethyl adjacent to an activating group) is 1. The topological polar surface area (TPSA) is 79.2 Å². The van der Waals surface area contributed by atoms with Gasteiger partial charge in [0.25, 0.3) is 11.8 Å². The van der Waals surface area contributed by atoms with Crippen molar-refractivity contribution in [3.63, 3.8) is 0 Å². The minimum Gasteiger partial charge on any atom is -0.503 e.